The average molecular weight is 545 g/mol. The molecule has 0 unspecified atom stereocenters. The van der Waals surface area contributed by atoms with Crippen molar-refractivity contribution >= 4 is 10.9 Å². The highest BCUT2D eigenvalue weighted by Crippen LogP contribution is 2.50. The quantitative estimate of drug-likeness (QED) is 0.237. The first-order chi connectivity index (χ1) is 17.9. The molecule has 39 heavy (non-hydrogen) atoms. The molecular weight excluding hydrogens is 490 g/mol. The lowest BCUT2D eigenvalue weighted by molar-refractivity contribution is 0.428. The minimum Gasteiger partial charge on any atom is -0.330 e. The van der Waals surface area contributed by atoms with E-state index < -0.39 is 0 Å². The number of rotatable bonds is 1. The molecule has 2 heteroatoms. The summed E-state index contributed by atoms with van der Waals surface area (Å²) in [5.41, 5.74) is 28.1. The van der Waals surface area contributed by atoms with Gasteiger partial charge in [0.25, 0.3) is 0 Å². The standard InChI is InChI=1S/C32H41S.C5H13N/c1-15-18(4)24(10)30(25(11)19(15)5)33-31-26(12)20(6)16(2)22(8)28(31)14-29-23(9)17(3)21(7)27(13)32(29)33;1-5(2,3)4-6/h14H2,1-13H3;4,6H2,1-3H3/q+1;. The Morgan fingerprint density at radius 1 is 0.436 bits per heavy atom. The first kappa shape index (κ1) is 31.5. The Morgan fingerprint density at radius 2 is 0.667 bits per heavy atom. The molecule has 1 aliphatic heterocycles. The summed E-state index contributed by atoms with van der Waals surface area (Å²) < 4.78 is 0. The summed E-state index contributed by atoms with van der Waals surface area (Å²) in [5.74, 6) is 0. The molecule has 0 radical (unpaired) electrons. The van der Waals surface area contributed by atoms with Gasteiger partial charge in [-0.25, -0.2) is 0 Å². The summed E-state index contributed by atoms with van der Waals surface area (Å²) in [6, 6.07) is 0. The first-order valence-electron chi connectivity index (χ1n) is 14.6. The van der Waals surface area contributed by atoms with E-state index in [2.05, 4.69) is 111 Å². The van der Waals surface area contributed by atoms with Crippen molar-refractivity contribution in [2.75, 3.05) is 6.54 Å². The van der Waals surface area contributed by atoms with Crippen LogP contribution in [0.15, 0.2) is 14.7 Å². The van der Waals surface area contributed by atoms with E-state index in [1.165, 1.54) is 72.3 Å². The zero-order chi connectivity index (χ0) is 29.9. The summed E-state index contributed by atoms with van der Waals surface area (Å²) in [6.45, 7) is 37.6. The van der Waals surface area contributed by atoms with Crippen molar-refractivity contribution in [1.82, 2.24) is 0 Å². The minimum absolute atomic E-state index is 0.0907. The highest BCUT2D eigenvalue weighted by atomic mass is 32.2. The normalized spacial score (nSPS) is 13.2. The predicted octanol–water partition coefficient (Wildman–Crippen LogP) is 9.69. The van der Waals surface area contributed by atoms with E-state index >= 15 is 0 Å². The molecule has 3 aromatic rings. The zero-order valence-corrected chi connectivity index (χ0v) is 28.7. The van der Waals surface area contributed by atoms with Crippen molar-refractivity contribution in [2.45, 2.75) is 132 Å². The van der Waals surface area contributed by atoms with E-state index in [0.717, 1.165) is 13.0 Å². The van der Waals surface area contributed by atoms with Gasteiger partial charge in [-0.3, -0.25) is 0 Å². The van der Waals surface area contributed by atoms with Crippen LogP contribution in [0.1, 0.15) is 104 Å². The summed E-state index contributed by atoms with van der Waals surface area (Å²) >= 11 is 0. The van der Waals surface area contributed by atoms with Gasteiger partial charge < -0.3 is 5.73 Å². The van der Waals surface area contributed by atoms with E-state index in [1.54, 1.807) is 25.8 Å². The molecule has 1 aliphatic rings. The Bertz CT molecular complexity index is 1330. The van der Waals surface area contributed by atoms with Gasteiger partial charge in [0.15, 0.2) is 14.7 Å². The Morgan fingerprint density at radius 3 is 0.949 bits per heavy atom. The van der Waals surface area contributed by atoms with Crippen LogP contribution < -0.4 is 5.73 Å². The van der Waals surface area contributed by atoms with Crippen molar-refractivity contribution in [3.63, 3.8) is 0 Å². The maximum atomic E-state index is 5.31. The molecule has 0 amide bonds. The number of benzene rings is 3. The Kier molecular flexibility index (Phi) is 8.96. The van der Waals surface area contributed by atoms with Crippen LogP contribution in [0.5, 0.6) is 0 Å². The van der Waals surface area contributed by atoms with Crippen LogP contribution in [0.3, 0.4) is 0 Å². The van der Waals surface area contributed by atoms with E-state index in [-0.39, 0.29) is 10.9 Å². The summed E-state index contributed by atoms with van der Waals surface area (Å²) in [7, 11) is -0.0907. The van der Waals surface area contributed by atoms with Crippen LogP contribution in [-0.4, -0.2) is 6.54 Å². The van der Waals surface area contributed by atoms with Crippen LogP contribution in [0.2, 0.25) is 0 Å². The molecule has 0 spiro atoms. The number of fused-ring (bicyclic) bond motifs is 2. The second kappa shape index (κ2) is 11.1. The molecule has 2 N–H and O–H groups in total. The van der Waals surface area contributed by atoms with E-state index in [9.17, 15) is 0 Å². The minimum atomic E-state index is -0.0907. The molecule has 212 valence electrons. The fourth-order valence-corrected chi connectivity index (χ4v) is 9.34. The molecule has 0 atom stereocenters. The third kappa shape index (κ3) is 5.24. The van der Waals surface area contributed by atoms with Crippen molar-refractivity contribution in [3.05, 3.63) is 83.5 Å². The average Bonchev–Trinajstić information content (AvgIpc) is 2.89. The molecular formula is C37H54NS+. The fourth-order valence-electron chi connectivity index (χ4n) is 5.94. The Balaban J connectivity index is 0.000000631. The zero-order valence-electron chi connectivity index (χ0n) is 27.9. The number of hydrogen-bond acceptors (Lipinski definition) is 1. The first-order valence-corrected chi connectivity index (χ1v) is 15.8. The summed E-state index contributed by atoms with van der Waals surface area (Å²) in [5, 5.41) is 0. The van der Waals surface area contributed by atoms with Gasteiger partial charge in [0.05, 0.1) is 0 Å². The topological polar surface area (TPSA) is 26.0 Å². The number of nitrogens with two attached hydrogens (primary N) is 1. The van der Waals surface area contributed by atoms with Crippen LogP contribution in [0.4, 0.5) is 0 Å². The molecule has 1 nitrogen and oxygen atoms in total. The Hall–Kier alpha value is -2.03. The lowest BCUT2D eigenvalue weighted by Gasteiger charge is -2.30. The summed E-state index contributed by atoms with van der Waals surface area (Å²) in [4.78, 5) is 4.81. The van der Waals surface area contributed by atoms with Crippen LogP contribution >= 0.6 is 0 Å². The maximum Gasteiger partial charge on any atom is 0.173 e. The van der Waals surface area contributed by atoms with E-state index in [4.69, 9.17) is 5.73 Å². The molecule has 0 fully saturated rings. The smallest absolute Gasteiger partial charge is 0.173 e. The molecule has 3 aromatic carbocycles. The lowest BCUT2D eigenvalue weighted by atomic mass is 9.86. The van der Waals surface area contributed by atoms with E-state index in [0.29, 0.717) is 5.41 Å². The summed E-state index contributed by atoms with van der Waals surface area (Å²) in [6.07, 6.45) is 1.07. The largest absolute Gasteiger partial charge is 0.330 e. The maximum absolute atomic E-state index is 5.31. The van der Waals surface area contributed by atoms with Gasteiger partial charge >= 0.3 is 0 Å². The van der Waals surface area contributed by atoms with Gasteiger partial charge in [-0.1, -0.05) is 20.8 Å². The van der Waals surface area contributed by atoms with Crippen LogP contribution in [0.25, 0.3) is 0 Å². The van der Waals surface area contributed by atoms with Crippen molar-refractivity contribution in [2.24, 2.45) is 11.1 Å². The molecule has 0 aromatic heterocycles. The van der Waals surface area contributed by atoms with Crippen LogP contribution in [0, 0.1) is 95.4 Å². The van der Waals surface area contributed by atoms with Crippen molar-refractivity contribution in [1.29, 1.82) is 0 Å². The molecule has 1 heterocycles. The second-order valence-corrected chi connectivity index (χ2v) is 15.2. The molecule has 0 aliphatic carbocycles. The van der Waals surface area contributed by atoms with Gasteiger partial charge in [0, 0.05) is 39.8 Å². The lowest BCUT2D eigenvalue weighted by Crippen LogP contribution is -2.24. The highest BCUT2D eigenvalue weighted by Gasteiger charge is 2.45. The molecule has 0 saturated heterocycles. The van der Waals surface area contributed by atoms with Gasteiger partial charge in [-0.15, -0.1) is 0 Å². The molecule has 0 saturated carbocycles. The Labute approximate surface area is 243 Å². The van der Waals surface area contributed by atoms with Crippen molar-refractivity contribution in [3.8, 4) is 0 Å². The second-order valence-electron chi connectivity index (χ2n) is 13.3. The van der Waals surface area contributed by atoms with Gasteiger partial charge in [0.1, 0.15) is 10.9 Å². The molecule has 4 rings (SSSR count). The monoisotopic (exact) mass is 544 g/mol. The van der Waals surface area contributed by atoms with Gasteiger partial charge in [0.2, 0.25) is 0 Å². The van der Waals surface area contributed by atoms with Crippen LogP contribution in [-0.2, 0) is 17.3 Å². The third-order valence-corrected chi connectivity index (χ3v) is 13.0. The van der Waals surface area contributed by atoms with Gasteiger partial charge in [-0.05, 0) is 152 Å². The number of hydrogen-bond donors (Lipinski definition) is 1. The fraction of sp³-hybridized carbons (Fsp3) is 0.514. The predicted molar refractivity (Wildman–Crippen MR) is 174 cm³/mol. The van der Waals surface area contributed by atoms with Crippen molar-refractivity contribution < 1.29 is 0 Å². The SMILES string of the molecule is CC(C)(C)CN.Cc1c(C)c(C)c([S+]2c3c(C)c(C)c(C)c(C)c3Cc3c(C)c(C)c(C)c(C)c32)c(C)c1C. The highest BCUT2D eigenvalue weighted by molar-refractivity contribution is 7.97. The molecule has 0 bridgehead atoms. The third-order valence-electron chi connectivity index (χ3n) is 10.0. The van der Waals surface area contributed by atoms with E-state index in [1.807, 2.05) is 0 Å². The van der Waals surface area contributed by atoms with Gasteiger partial charge in [-0.2, -0.15) is 0 Å².